The number of alkyl halides is 2. The Hall–Kier alpha value is -1.31. The number of nitrogens with one attached hydrogen (secondary N) is 2. The second-order valence-electron chi connectivity index (χ2n) is 11.6. The van der Waals surface area contributed by atoms with Gasteiger partial charge in [0.1, 0.15) is 36.6 Å². The molecule has 3 aliphatic rings. The van der Waals surface area contributed by atoms with Crippen molar-refractivity contribution in [1.82, 2.24) is 10.6 Å². The van der Waals surface area contributed by atoms with Crippen LogP contribution in [0.15, 0.2) is 0 Å². The molecule has 45 heavy (non-hydrogen) atoms. The Bertz CT molecular complexity index is 935. The quantitative estimate of drug-likeness (QED) is 0.0769. The molecule has 0 aromatic carbocycles. The molecule has 2 saturated heterocycles. The molecule has 2 heterocycles. The van der Waals surface area contributed by atoms with E-state index >= 15 is 0 Å². The fourth-order valence-corrected chi connectivity index (χ4v) is 5.63. The maximum Gasteiger partial charge on any atom is 0.294 e. The van der Waals surface area contributed by atoms with Gasteiger partial charge in [-0.25, -0.2) is 8.78 Å². The van der Waals surface area contributed by atoms with Crippen molar-refractivity contribution in [2.75, 3.05) is 32.8 Å². The van der Waals surface area contributed by atoms with Gasteiger partial charge in [-0.2, -0.15) is 0 Å². The van der Waals surface area contributed by atoms with Gasteiger partial charge in [-0.05, 0) is 32.4 Å². The minimum Gasteiger partial charge on any atom is -0.394 e. The zero-order valence-corrected chi connectivity index (χ0v) is 24.7. The van der Waals surface area contributed by atoms with Gasteiger partial charge in [0.15, 0.2) is 18.7 Å². The van der Waals surface area contributed by atoms with Crippen molar-refractivity contribution in [1.29, 1.82) is 0 Å². The molecule has 2 unspecified atom stereocenters. The van der Waals surface area contributed by atoms with E-state index in [-0.39, 0.29) is 19.4 Å². The van der Waals surface area contributed by atoms with Crippen LogP contribution in [0, 0.1) is 0 Å². The number of rotatable bonds is 14. The first-order valence-corrected chi connectivity index (χ1v) is 14.9. The Morgan fingerprint density at radius 3 is 2.18 bits per heavy atom. The number of carbonyl (C=O) groups is 1. The number of carbonyl (C=O) groups excluding carboxylic acids is 1. The van der Waals surface area contributed by atoms with Crippen molar-refractivity contribution < 1.29 is 63.2 Å². The van der Waals surface area contributed by atoms with Crippen molar-refractivity contribution in [3.05, 3.63) is 0 Å². The number of ether oxygens (including phenoxy) is 4. The van der Waals surface area contributed by atoms with Gasteiger partial charge in [0, 0.05) is 12.6 Å². The Morgan fingerprint density at radius 2 is 1.58 bits per heavy atom. The number of aliphatic hydroxyl groups excluding tert-OH is 6. The third kappa shape index (κ3) is 8.99. The van der Waals surface area contributed by atoms with E-state index in [1.807, 2.05) is 0 Å². The first kappa shape index (κ1) is 38.1. The molecule has 0 bridgehead atoms. The first-order valence-electron chi connectivity index (χ1n) is 14.9. The second-order valence-corrected chi connectivity index (χ2v) is 11.6. The van der Waals surface area contributed by atoms with Crippen LogP contribution in [0.2, 0.25) is 0 Å². The van der Waals surface area contributed by atoms with Crippen LogP contribution in [0.4, 0.5) is 8.78 Å². The summed E-state index contributed by atoms with van der Waals surface area (Å²) in [5.74, 6) is -5.54. The maximum atomic E-state index is 14.0. The number of nitrogens with two attached hydrogens (primary N) is 5. The van der Waals surface area contributed by atoms with Crippen LogP contribution in [0.25, 0.3) is 0 Å². The molecule has 0 radical (unpaired) electrons. The van der Waals surface area contributed by atoms with Crippen LogP contribution in [0.5, 0.6) is 0 Å². The summed E-state index contributed by atoms with van der Waals surface area (Å²) < 4.78 is 51.4. The highest BCUT2D eigenvalue weighted by Crippen LogP contribution is 2.32. The van der Waals surface area contributed by atoms with Gasteiger partial charge >= 0.3 is 0 Å². The fourth-order valence-electron chi connectivity index (χ4n) is 5.63. The van der Waals surface area contributed by atoms with E-state index in [1.54, 1.807) is 0 Å². The standard InChI is InChI=1S/C25H49F2N7O11/c26-25(27,8-30)21(40)22(41)34-10-4-9(31)19(44-23-11(33-3-1-2-28)5-12(36)13(6-29)42-23)18(39)20(10)45-24-17(38)15(32)16(37)14(7-35)43-24/h9-21,23-24,33,35-40H,1-8,28-32H2,(H,34,41)/t9-,10+,11+,12-,13+,14+,15-,16+,17+,18-,19?,20-,21?,23+,24+/m0/s1. The molecule has 18 nitrogen and oxygen atoms in total. The van der Waals surface area contributed by atoms with Crippen molar-refractivity contribution in [2.24, 2.45) is 28.7 Å². The molecule has 2 aliphatic heterocycles. The minimum absolute atomic E-state index is 0.0551. The second kappa shape index (κ2) is 16.7. The summed E-state index contributed by atoms with van der Waals surface area (Å²) in [7, 11) is 0. The Balaban J connectivity index is 1.88. The van der Waals surface area contributed by atoms with E-state index in [0.29, 0.717) is 19.5 Å². The predicted octanol–water partition coefficient (Wildman–Crippen LogP) is -7.20. The normalized spacial score (nSPS) is 41.9. The highest BCUT2D eigenvalue weighted by atomic mass is 19.3. The molecule has 18 N–H and O–H groups in total. The van der Waals surface area contributed by atoms with E-state index in [1.165, 1.54) is 0 Å². The average Bonchev–Trinajstić information content (AvgIpc) is 3.01. The summed E-state index contributed by atoms with van der Waals surface area (Å²) >= 11 is 0. The van der Waals surface area contributed by atoms with Gasteiger partial charge in [-0.3, -0.25) is 4.79 Å². The lowest BCUT2D eigenvalue weighted by Gasteiger charge is -2.49. The molecule has 0 aromatic rings. The average molecular weight is 662 g/mol. The highest BCUT2D eigenvalue weighted by Gasteiger charge is 2.52. The smallest absolute Gasteiger partial charge is 0.294 e. The lowest BCUT2D eigenvalue weighted by atomic mass is 9.83. The molecule has 1 amide bonds. The monoisotopic (exact) mass is 661 g/mol. The maximum absolute atomic E-state index is 14.0. The molecule has 0 aromatic heterocycles. The molecule has 0 spiro atoms. The van der Waals surface area contributed by atoms with Gasteiger partial charge in [0.25, 0.3) is 11.8 Å². The Kier molecular flexibility index (Phi) is 14.1. The van der Waals surface area contributed by atoms with E-state index in [4.69, 9.17) is 47.6 Å². The zero-order chi connectivity index (χ0) is 33.6. The summed E-state index contributed by atoms with van der Waals surface area (Å²) in [6.07, 6.45) is -16.2. The summed E-state index contributed by atoms with van der Waals surface area (Å²) in [6, 6.07) is -4.45. The molecule has 264 valence electrons. The minimum atomic E-state index is -3.99. The topological polar surface area (TPSA) is 330 Å². The van der Waals surface area contributed by atoms with Gasteiger partial charge in [0.05, 0.1) is 43.5 Å². The number of halogens is 2. The van der Waals surface area contributed by atoms with Crippen LogP contribution in [0.1, 0.15) is 19.3 Å². The Labute approximate surface area is 258 Å². The van der Waals surface area contributed by atoms with Gasteiger partial charge in [0.2, 0.25) is 0 Å². The molecule has 1 aliphatic carbocycles. The van der Waals surface area contributed by atoms with E-state index in [2.05, 4.69) is 10.6 Å². The van der Waals surface area contributed by atoms with Crippen LogP contribution in [0.3, 0.4) is 0 Å². The molecular formula is C25H49F2N7O11. The summed E-state index contributed by atoms with van der Waals surface area (Å²) in [5, 5.41) is 67.8. The van der Waals surface area contributed by atoms with Crippen LogP contribution in [-0.4, -0.2) is 167 Å². The molecule has 15 atom stereocenters. The van der Waals surface area contributed by atoms with Crippen LogP contribution >= 0.6 is 0 Å². The van der Waals surface area contributed by atoms with Crippen molar-refractivity contribution in [2.45, 2.75) is 117 Å². The lowest BCUT2D eigenvalue weighted by Crippen LogP contribution is -2.69. The summed E-state index contributed by atoms with van der Waals surface area (Å²) in [6.45, 7) is -1.29. The molecular weight excluding hydrogens is 612 g/mol. The largest absolute Gasteiger partial charge is 0.394 e. The van der Waals surface area contributed by atoms with Gasteiger partial charge < -0.3 is 88.9 Å². The molecule has 3 fully saturated rings. The zero-order valence-electron chi connectivity index (χ0n) is 24.7. The predicted molar refractivity (Wildman–Crippen MR) is 150 cm³/mol. The Morgan fingerprint density at radius 1 is 0.933 bits per heavy atom. The molecule has 1 saturated carbocycles. The van der Waals surface area contributed by atoms with Crippen LogP contribution in [-0.2, 0) is 23.7 Å². The number of hydrogen-bond acceptors (Lipinski definition) is 17. The first-order chi connectivity index (χ1) is 21.2. The third-order valence-corrected chi connectivity index (χ3v) is 8.37. The lowest BCUT2D eigenvalue weighted by molar-refractivity contribution is -0.316. The SMILES string of the molecule is NCCCN[C@@H]1C[C@H](O)[C@@H](CN)O[C@@H]1OC1[C@@H](N)C[C@@H](NC(=O)C(O)C(F)(F)CN)[C@H](O[C@H]2O[C@H](CO)[C@@H](O)[C@H](N)[C@H]2O)[C@H]1O. The van der Waals surface area contributed by atoms with Crippen molar-refractivity contribution in [3.8, 4) is 0 Å². The summed E-state index contributed by atoms with van der Waals surface area (Å²) in [5.41, 5.74) is 28.5. The van der Waals surface area contributed by atoms with Gasteiger partial charge in [-0.15, -0.1) is 0 Å². The van der Waals surface area contributed by atoms with Crippen molar-refractivity contribution >= 4 is 5.91 Å². The molecule has 20 heteroatoms. The number of amides is 1. The van der Waals surface area contributed by atoms with E-state index < -0.39 is 117 Å². The molecule has 3 rings (SSSR count). The van der Waals surface area contributed by atoms with Gasteiger partial charge in [-0.1, -0.05) is 0 Å². The third-order valence-electron chi connectivity index (χ3n) is 8.37. The highest BCUT2D eigenvalue weighted by molar-refractivity contribution is 5.82. The number of aliphatic hydroxyl groups is 6. The number of hydrogen-bond donors (Lipinski definition) is 13. The fraction of sp³-hybridized carbons (Fsp3) is 0.960. The van der Waals surface area contributed by atoms with E-state index in [0.717, 1.165) is 0 Å². The summed E-state index contributed by atoms with van der Waals surface area (Å²) in [4.78, 5) is 12.6. The van der Waals surface area contributed by atoms with Crippen LogP contribution < -0.4 is 39.3 Å². The van der Waals surface area contributed by atoms with E-state index in [9.17, 15) is 44.2 Å². The van der Waals surface area contributed by atoms with Crippen molar-refractivity contribution in [3.63, 3.8) is 0 Å².